The molecule has 110 valence electrons. The van der Waals surface area contributed by atoms with Crippen LogP contribution in [0.2, 0.25) is 0 Å². The van der Waals surface area contributed by atoms with Crippen molar-refractivity contribution in [1.29, 1.82) is 0 Å². The number of piperidine rings is 1. The van der Waals surface area contributed by atoms with Gasteiger partial charge in [0, 0.05) is 32.2 Å². The summed E-state index contributed by atoms with van der Waals surface area (Å²) in [5.41, 5.74) is 0. The lowest BCUT2D eigenvalue weighted by Gasteiger charge is -2.37. The summed E-state index contributed by atoms with van der Waals surface area (Å²) >= 11 is 0. The molecule has 0 saturated carbocycles. The zero-order valence-electron chi connectivity index (χ0n) is 12.0. The van der Waals surface area contributed by atoms with E-state index in [0.29, 0.717) is 25.6 Å². The van der Waals surface area contributed by atoms with Crippen LogP contribution in [0.1, 0.15) is 26.7 Å². The minimum absolute atomic E-state index is 0.119. The van der Waals surface area contributed by atoms with Gasteiger partial charge in [0.2, 0.25) is 0 Å². The molecule has 1 aliphatic heterocycles. The van der Waals surface area contributed by atoms with Gasteiger partial charge in [0.25, 0.3) is 0 Å². The molecule has 19 heavy (non-hydrogen) atoms. The maximum absolute atomic E-state index is 12.4. The number of hydrogen-bond donors (Lipinski definition) is 1. The normalized spacial score (nSPS) is 19.6. The van der Waals surface area contributed by atoms with Gasteiger partial charge < -0.3 is 19.6 Å². The summed E-state index contributed by atoms with van der Waals surface area (Å²) in [6.45, 7) is 5.40. The lowest BCUT2D eigenvalue weighted by molar-refractivity contribution is -0.138. The second kappa shape index (κ2) is 7.33. The quantitative estimate of drug-likeness (QED) is 0.818. The Labute approximate surface area is 114 Å². The summed E-state index contributed by atoms with van der Waals surface area (Å²) in [6.07, 6.45) is 2.00. The summed E-state index contributed by atoms with van der Waals surface area (Å²) < 4.78 is 5.14. The molecule has 0 aromatic heterocycles. The highest BCUT2D eigenvalue weighted by Crippen LogP contribution is 2.18. The van der Waals surface area contributed by atoms with Crippen molar-refractivity contribution in [1.82, 2.24) is 9.80 Å². The Hall–Kier alpha value is -1.30. The monoisotopic (exact) mass is 272 g/mol. The molecule has 0 spiro atoms. The molecule has 0 aromatic carbocycles. The predicted molar refractivity (Wildman–Crippen MR) is 71.0 cm³/mol. The Kier molecular flexibility index (Phi) is 6.08. The summed E-state index contributed by atoms with van der Waals surface area (Å²) in [6, 6.07) is -0.301. The first-order chi connectivity index (χ1) is 8.95. The van der Waals surface area contributed by atoms with Gasteiger partial charge in [0.1, 0.15) is 6.54 Å². The molecule has 1 fully saturated rings. The fourth-order valence-electron chi connectivity index (χ4n) is 2.41. The number of carbonyl (C=O) groups excluding carboxylic acids is 1. The van der Waals surface area contributed by atoms with E-state index in [1.807, 2.05) is 13.8 Å². The van der Waals surface area contributed by atoms with Crippen LogP contribution in [0.3, 0.4) is 0 Å². The van der Waals surface area contributed by atoms with Gasteiger partial charge >= 0.3 is 12.0 Å². The highest BCUT2D eigenvalue weighted by molar-refractivity contribution is 5.80. The van der Waals surface area contributed by atoms with Crippen molar-refractivity contribution >= 4 is 12.0 Å². The number of hydrogen-bond acceptors (Lipinski definition) is 3. The van der Waals surface area contributed by atoms with Crippen molar-refractivity contribution in [3.63, 3.8) is 0 Å². The van der Waals surface area contributed by atoms with Gasteiger partial charge in [0.05, 0.1) is 6.61 Å². The Morgan fingerprint density at radius 2 is 2.16 bits per heavy atom. The largest absolute Gasteiger partial charge is 0.480 e. The van der Waals surface area contributed by atoms with Gasteiger partial charge in [-0.3, -0.25) is 4.79 Å². The zero-order valence-corrected chi connectivity index (χ0v) is 12.0. The number of urea groups is 1. The maximum atomic E-state index is 12.4. The number of amides is 2. The molecule has 1 N–H and O–H groups in total. The summed E-state index contributed by atoms with van der Waals surface area (Å²) in [5, 5.41) is 8.88. The minimum Gasteiger partial charge on any atom is -0.480 e. The van der Waals surface area contributed by atoms with Gasteiger partial charge in [-0.1, -0.05) is 0 Å². The SMILES string of the molecule is COCC1CCCN(C(=O)N(CC(=O)O)C(C)C)C1. The van der Waals surface area contributed by atoms with Gasteiger partial charge in [0.15, 0.2) is 0 Å². The third-order valence-corrected chi connectivity index (χ3v) is 3.37. The van der Waals surface area contributed by atoms with Gasteiger partial charge in [-0.2, -0.15) is 0 Å². The molecule has 6 heteroatoms. The Balaban J connectivity index is 2.65. The van der Waals surface area contributed by atoms with Crippen LogP contribution in [0.5, 0.6) is 0 Å². The summed E-state index contributed by atoms with van der Waals surface area (Å²) in [4.78, 5) is 26.4. The number of likely N-dealkylation sites (tertiary alicyclic amines) is 1. The second-order valence-electron chi connectivity index (χ2n) is 5.31. The van der Waals surface area contributed by atoms with Crippen LogP contribution in [0.15, 0.2) is 0 Å². The lowest BCUT2D eigenvalue weighted by Crippen LogP contribution is -2.51. The fraction of sp³-hybridized carbons (Fsp3) is 0.846. The van der Waals surface area contributed by atoms with E-state index in [9.17, 15) is 9.59 Å². The third kappa shape index (κ3) is 4.70. The Morgan fingerprint density at radius 3 is 2.68 bits per heavy atom. The van der Waals surface area contributed by atoms with E-state index in [0.717, 1.165) is 12.8 Å². The maximum Gasteiger partial charge on any atom is 0.323 e. The fourth-order valence-corrected chi connectivity index (χ4v) is 2.41. The molecular weight excluding hydrogens is 248 g/mol. The van der Waals surface area contributed by atoms with Crippen LogP contribution in [0, 0.1) is 5.92 Å². The Morgan fingerprint density at radius 1 is 1.47 bits per heavy atom. The van der Waals surface area contributed by atoms with E-state index in [2.05, 4.69) is 0 Å². The topological polar surface area (TPSA) is 70.1 Å². The van der Waals surface area contributed by atoms with E-state index in [1.165, 1.54) is 4.90 Å². The van der Waals surface area contributed by atoms with Crippen molar-refractivity contribution in [3.8, 4) is 0 Å². The van der Waals surface area contributed by atoms with E-state index in [-0.39, 0.29) is 18.6 Å². The zero-order chi connectivity index (χ0) is 14.4. The number of carboxylic acids is 1. The molecule has 2 amide bonds. The molecule has 1 atom stereocenters. The number of carboxylic acid groups (broad SMARTS) is 1. The van der Waals surface area contributed by atoms with Crippen molar-refractivity contribution in [2.45, 2.75) is 32.7 Å². The van der Waals surface area contributed by atoms with Crippen molar-refractivity contribution < 1.29 is 19.4 Å². The van der Waals surface area contributed by atoms with E-state index in [1.54, 1.807) is 12.0 Å². The van der Waals surface area contributed by atoms with Crippen LogP contribution in [-0.4, -0.2) is 66.3 Å². The van der Waals surface area contributed by atoms with Gasteiger partial charge in [-0.05, 0) is 26.7 Å². The van der Waals surface area contributed by atoms with E-state index >= 15 is 0 Å². The number of rotatable bonds is 5. The highest BCUT2D eigenvalue weighted by Gasteiger charge is 2.29. The molecule has 1 heterocycles. The first-order valence-corrected chi connectivity index (χ1v) is 6.72. The number of nitrogens with zero attached hydrogens (tertiary/aromatic N) is 2. The predicted octanol–water partition coefficient (Wildman–Crippen LogP) is 1.26. The average Bonchev–Trinajstić information content (AvgIpc) is 2.35. The van der Waals surface area contributed by atoms with Crippen LogP contribution in [0.4, 0.5) is 4.79 Å². The standard InChI is InChI=1S/C13H24N2O4/c1-10(2)15(8-12(16)17)13(18)14-6-4-5-11(7-14)9-19-3/h10-11H,4-9H2,1-3H3,(H,16,17). The molecule has 1 aliphatic rings. The highest BCUT2D eigenvalue weighted by atomic mass is 16.5. The van der Waals surface area contributed by atoms with Crippen LogP contribution < -0.4 is 0 Å². The molecular formula is C13H24N2O4. The molecule has 0 radical (unpaired) electrons. The minimum atomic E-state index is -0.979. The summed E-state index contributed by atoms with van der Waals surface area (Å²) in [7, 11) is 1.66. The van der Waals surface area contributed by atoms with E-state index in [4.69, 9.17) is 9.84 Å². The molecule has 0 aromatic rings. The molecule has 1 rings (SSSR count). The van der Waals surface area contributed by atoms with Crippen LogP contribution >= 0.6 is 0 Å². The molecule has 6 nitrogen and oxygen atoms in total. The molecule has 1 saturated heterocycles. The number of aliphatic carboxylic acids is 1. The van der Waals surface area contributed by atoms with Gasteiger partial charge in [-0.25, -0.2) is 4.79 Å². The van der Waals surface area contributed by atoms with Crippen molar-refractivity contribution in [2.24, 2.45) is 5.92 Å². The number of methoxy groups -OCH3 is 1. The number of ether oxygens (including phenoxy) is 1. The molecule has 0 bridgehead atoms. The third-order valence-electron chi connectivity index (χ3n) is 3.37. The van der Waals surface area contributed by atoms with Crippen LogP contribution in [0.25, 0.3) is 0 Å². The first-order valence-electron chi connectivity index (χ1n) is 6.72. The molecule has 1 unspecified atom stereocenters. The first kappa shape index (κ1) is 15.8. The second-order valence-corrected chi connectivity index (χ2v) is 5.31. The number of carbonyl (C=O) groups is 2. The summed E-state index contributed by atoms with van der Waals surface area (Å²) in [5.74, 6) is -0.631. The van der Waals surface area contributed by atoms with Crippen LogP contribution in [-0.2, 0) is 9.53 Å². The average molecular weight is 272 g/mol. The molecule has 0 aliphatic carbocycles. The smallest absolute Gasteiger partial charge is 0.323 e. The lowest BCUT2D eigenvalue weighted by atomic mass is 9.99. The Bertz CT molecular complexity index is 318. The van der Waals surface area contributed by atoms with Crippen molar-refractivity contribution in [3.05, 3.63) is 0 Å². The van der Waals surface area contributed by atoms with Crippen molar-refractivity contribution in [2.75, 3.05) is 33.4 Å². The van der Waals surface area contributed by atoms with E-state index < -0.39 is 5.97 Å². The van der Waals surface area contributed by atoms with Gasteiger partial charge in [-0.15, -0.1) is 0 Å².